The number of rotatable bonds is 7. The maximum Gasteiger partial charge on any atom is 0.266 e. The number of nitrogens with one attached hydrogen (secondary N) is 1. The van der Waals surface area contributed by atoms with E-state index >= 15 is 0 Å². The minimum Gasteiger partial charge on any atom is -0.497 e. The summed E-state index contributed by atoms with van der Waals surface area (Å²) in [7, 11) is -2.67. The smallest absolute Gasteiger partial charge is 0.266 e. The number of nitrogens with zero attached hydrogens (tertiary/aromatic N) is 2. The molecular formula is C16H18FN3O4S. The molecule has 1 aromatic heterocycles. The predicted octanol–water partition coefficient (Wildman–Crippen LogP) is 1.25. The monoisotopic (exact) mass is 367 g/mol. The zero-order valence-electron chi connectivity index (χ0n) is 13.6. The number of sulfonamides is 1. The van der Waals surface area contributed by atoms with Crippen LogP contribution in [0.4, 0.5) is 4.39 Å². The van der Waals surface area contributed by atoms with Gasteiger partial charge in [-0.25, -0.2) is 22.2 Å². The van der Waals surface area contributed by atoms with Gasteiger partial charge in [-0.3, -0.25) is 4.79 Å². The molecule has 0 saturated heterocycles. The standard InChI is InChI=1S/C16H18FN3O4S/c1-24-12-4-6-15(13(17)10-12)25(22,23)18-8-9-20-16(21)7-5-14(19-20)11-2-3-11/h4-7,10-11,18H,2-3,8-9H2,1H3. The topological polar surface area (TPSA) is 90.3 Å². The Bertz CT molecular complexity index is 939. The molecule has 1 aliphatic rings. The van der Waals surface area contributed by atoms with Crippen LogP contribution in [-0.4, -0.2) is 31.9 Å². The number of hydrogen-bond donors (Lipinski definition) is 1. The third-order valence-electron chi connectivity index (χ3n) is 3.93. The molecule has 3 rings (SSSR count). The van der Waals surface area contributed by atoms with Crippen molar-refractivity contribution in [2.24, 2.45) is 0 Å². The van der Waals surface area contributed by atoms with Gasteiger partial charge in [-0.05, 0) is 31.0 Å². The second-order valence-corrected chi connectivity index (χ2v) is 7.52. The molecule has 0 spiro atoms. The summed E-state index contributed by atoms with van der Waals surface area (Å²) in [4.78, 5) is 11.3. The summed E-state index contributed by atoms with van der Waals surface area (Å²) < 4.78 is 46.7. The SMILES string of the molecule is COc1ccc(S(=O)(=O)NCCn2nc(C3CC3)ccc2=O)c(F)c1. The van der Waals surface area contributed by atoms with Crippen LogP contribution in [0.15, 0.2) is 40.0 Å². The lowest BCUT2D eigenvalue weighted by molar-refractivity contribution is 0.409. The van der Waals surface area contributed by atoms with E-state index in [4.69, 9.17) is 4.74 Å². The van der Waals surface area contributed by atoms with Crippen molar-refractivity contribution in [2.75, 3.05) is 13.7 Å². The van der Waals surface area contributed by atoms with Crippen LogP contribution in [0.5, 0.6) is 5.75 Å². The molecular weight excluding hydrogens is 349 g/mol. The summed E-state index contributed by atoms with van der Waals surface area (Å²) in [6.45, 7) is -0.00870. The number of aromatic nitrogens is 2. The van der Waals surface area contributed by atoms with Crippen molar-refractivity contribution < 1.29 is 17.5 Å². The van der Waals surface area contributed by atoms with Crippen LogP contribution in [0.3, 0.4) is 0 Å². The Morgan fingerprint density at radius 1 is 1.32 bits per heavy atom. The predicted molar refractivity (Wildman–Crippen MR) is 88.6 cm³/mol. The molecule has 2 aromatic rings. The molecule has 1 N–H and O–H groups in total. The van der Waals surface area contributed by atoms with Crippen LogP contribution >= 0.6 is 0 Å². The summed E-state index contributed by atoms with van der Waals surface area (Å²) in [5.41, 5.74) is 0.530. The summed E-state index contributed by atoms with van der Waals surface area (Å²) in [5, 5.41) is 4.25. The van der Waals surface area contributed by atoms with Crippen molar-refractivity contribution in [3.8, 4) is 5.75 Å². The fourth-order valence-corrected chi connectivity index (χ4v) is 3.49. The summed E-state index contributed by atoms with van der Waals surface area (Å²) in [5.74, 6) is -0.293. The van der Waals surface area contributed by atoms with Gasteiger partial charge in [0.05, 0.1) is 19.3 Å². The second-order valence-electron chi connectivity index (χ2n) is 5.79. The quantitative estimate of drug-likeness (QED) is 0.795. The molecule has 1 saturated carbocycles. The number of benzene rings is 1. The normalized spacial score (nSPS) is 14.5. The molecule has 9 heteroatoms. The fourth-order valence-electron chi connectivity index (χ4n) is 2.41. The highest BCUT2D eigenvalue weighted by molar-refractivity contribution is 7.89. The van der Waals surface area contributed by atoms with Gasteiger partial charge in [0, 0.05) is 24.6 Å². The lowest BCUT2D eigenvalue weighted by Crippen LogP contribution is -2.32. The van der Waals surface area contributed by atoms with E-state index in [0.717, 1.165) is 30.7 Å². The van der Waals surface area contributed by atoms with Crippen molar-refractivity contribution in [1.29, 1.82) is 0 Å². The van der Waals surface area contributed by atoms with E-state index in [2.05, 4.69) is 9.82 Å². The molecule has 25 heavy (non-hydrogen) atoms. The zero-order valence-corrected chi connectivity index (χ0v) is 14.4. The number of methoxy groups -OCH3 is 1. The Balaban J connectivity index is 1.69. The van der Waals surface area contributed by atoms with Gasteiger partial charge in [0.25, 0.3) is 5.56 Å². The molecule has 0 radical (unpaired) electrons. The van der Waals surface area contributed by atoms with E-state index < -0.39 is 20.7 Å². The molecule has 1 heterocycles. The Hall–Kier alpha value is -2.26. The highest BCUT2D eigenvalue weighted by atomic mass is 32.2. The minimum atomic E-state index is -4.04. The fraction of sp³-hybridized carbons (Fsp3) is 0.375. The molecule has 0 atom stereocenters. The highest BCUT2D eigenvalue weighted by Gasteiger charge is 2.25. The summed E-state index contributed by atoms with van der Waals surface area (Å²) in [6.07, 6.45) is 2.10. The maximum atomic E-state index is 13.9. The first kappa shape index (κ1) is 17.6. The molecule has 1 aromatic carbocycles. The Morgan fingerprint density at radius 3 is 2.72 bits per heavy atom. The average molecular weight is 367 g/mol. The Morgan fingerprint density at radius 2 is 2.08 bits per heavy atom. The van der Waals surface area contributed by atoms with Crippen LogP contribution in [0, 0.1) is 5.82 Å². The first-order valence-electron chi connectivity index (χ1n) is 7.82. The van der Waals surface area contributed by atoms with Crippen LogP contribution in [0.25, 0.3) is 0 Å². The van der Waals surface area contributed by atoms with Crippen molar-refractivity contribution >= 4 is 10.0 Å². The van der Waals surface area contributed by atoms with Gasteiger partial charge in [0.15, 0.2) is 0 Å². The number of ether oxygens (including phenoxy) is 1. The third kappa shape index (κ3) is 4.05. The van der Waals surface area contributed by atoms with Gasteiger partial charge in [-0.15, -0.1) is 0 Å². The summed E-state index contributed by atoms with van der Waals surface area (Å²) >= 11 is 0. The highest BCUT2D eigenvalue weighted by Crippen LogP contribution is 2.38. The van der Waals surface area contributed by atoms with E-state index in [1.165, 1.54) is 23.9 Å². The molecule has 0 amide bonds. The van der Waals surface area contributed by atoms with Gasteiger partial charge in [-0.1, -0.05) is 0 Å². The molecule has 1 fully saturated rings. The second kappa shape index (κ2) is 6.93. The average Bonchev–Trinajstić information content (AvgIpc) is 3.41. The van der Waals surface area contributed by atoms with Gasteiger partial charge in [0.2, 0.25) is 10.0 Å². The van der Waals surface area contributed by atoms with E-state index in [1.54, 1.807) is 6.07 Å². The van der Waals surface area contributed by atoms with Gasteiger partial charge in [0.1, 0.15) is 16.5 Å². The van der Waals surface area contributed by atoms with E-state index in [9.17, 15) is 17.6 Å². The number of halogens is 1. The lowest BCUT2D eigenvalue weighted by Gasteiger charge is -2.10. The van der Waals surface area contributed by atoms with Crippen molar-refractivity contribution in [1.82, 2.24) is 14.5 Å². The summed E-state index contributed by atoms with van der Waals surface area (Å²) in [6, 6.07) is 6.63. The Labute approximate surface area is 144 Å². The zero-order chi connectivity index (χ0) is 18.0. The van der Waals surface area contributed by atoms with Gasteiger partial charge >= 0.3 is 0 Å². The van der Waals surface area contributed by atoms with Crippen molar-refractivity contribution in [2.45, 2.75) is 30.2 Å². The first-order valence-corrected chi connectivity index (χ1v) is 9.30. The third-order valence-corrected chi connectivity index (χ3v) is 5.42. The molecule has 134 valence electrons. The molecule has 0 unspecified atom stereocenters. The minimum absolute atomic E-state index is 0.0659. The molecule has 7 nitrogen and oxygen atoms in total. The Kier molecular flexibility index (Phi) is 4.87. The lowest BCUT2D eigenvalue weighted by atomic mass is 10.3. The first-order chi connectivity index (χ1) is 11.9. The largest absolute Gasteiger partial charge is 0.497 e. The molecule has 1 aliphatic carbocycles. The van der Waals surface area contributed by atoms with E-state index in [0.29, 0.717) is 5.92 Å². The van der Waals surface area contributed by atoms with Crippen molar-refractivity contribution in [3.63, 3.8) is 0 Å². The van der Waals surface area contributed by atoms with Crippen molar-refractivity contribution in [3.05, 3.63) is 52.2 Å². The van der Waals surface area contributed by atoms with Crippen LogP contribution in [0.1, 0.15) is 24.5 Å². The van der Waals surface area contributed by atoms with E-state index in [1.807, 2.05) is 0 Å². The molecule has 0 aliphatic heterocycles. The maximum absolute atomic E-state index is 13.9. The van der Waals surface area contributed by atoms with Crippen LogP contribution in [0.2, 0.25) is 0 Å². The van der Waals surface area contributed by atoms with Crippen LogP contribution < -0.4 is 15.0 Å². The van der Waals surface area contributed by atoms with Gasteiger partial charge in [-0.2, -0.15) is 5.10 Å². The molecule has 0 bridgehead atoms. The van der Waals surface area contributed by atoms with E-state index in [-0.39, 0.29) is 24.4 Å². The van der Waals surface area contributed by atoms with Crippen LogP contribution in [-0.2, 0) is 16.6 Å². The van der Waals surface area contributed by atoms with Gasteiger partial charge < -0.3 is 4.74 Å². The number of hydrogen-bond acceptors (Lipinski definition) is 5.